The number of hydrogen-bond donors (Lipinski definition) is 1. The van der Waals surface area contributed by atoms with E-state index in [0.717, 1.165) is 51.0 Å². The molecule has 1 aliphatic heterocycles. The van der Waals surface area contributed by atoms with Gasteiger partial charge in [-0.15, -0.1) is 0 Å². The second-order valence-electron chi connectivity index (χ2n) is 6.45. The van der Waals surface area contributed by atoms with Gasteiger partial charge in [-0.05, 0) is 50.5 Å². The number of hydrogen-bond acceptors (Lipinski definition) is 3. The van der Waals surface area contributed by atoms with Crippen LogP contribution in [0.1, 0.15) is 26.2 Å². The minimum atomic E-state index is -0.177. The first-order valence-electron chi connectivity index (χ1n) is 8.02. The molecule has 116 valence electrons. The highest BCUT2D eigenvalue weighted by Gasteiger charge is 2.38. The lowest BCUT2D eigenvalue weighted by molar-refractivity contribution is 0.152. The lowest BCUT2D eigenvalue weighted by Gasteiger charge is -2.35. The summed E-state index contributed by atoms with van der Waals surface area (Å²) in [5.74, 6) is -0.177. The van der Waals surface area contributed by atoms with Crippen LogP contribution in [0, 0.1) is 11.2 Å². The van der Waals surface area contributed by atoms with Crippen LogP contribution in [0.4, 0.5) is 10.1 Å². The predicted molar refractivity (Wildman–Crippen MR) is 83.2 cm³/mol. The molecule has 2 fully saturated rings. The van der Waals surface area contributed by atoms with Gasteiger partial charge in [0.1, 0.15) is 5.82 Å². The first-order chi connectivity index (χ1) is 10.2. The van der Waals surface area contributed by atoms with Gasteiger partial charge >= 0.3 is 0 Å². The summed E-state index contributed by atoms with van der Waals surface area (Å²) in [5, 5.41) is 3.66. The highest BCUT2D eigenvalue weighted by Crippen LogP contribution is 2.32. The first kappa shape index (κ1) is 14.8. The molecule has 1 aliphatic carbocycles. The smallest absolute Gasteiger partial charge is 0.123 e. The van der Waals surface area contributed by atoms with Crippen molar-refractivity contribution in [1.29, 1.82) is 0 Å². The monoisotopic (exact) mass is 292 g/mol. The zero-order chi connectivity index (χ0) is 14.7. The molecule has 1 saturated heterocycles. The average Bonchev–Trinajstić information content (AvgIpc) is 3.23. The van der Waals surface area contributed by atoms with Gasteiger partial charge in [-0.2, -0.15) is 0 Å². The molecule has 1 N–H and O–H groups in total. The molecule has 0 bridgehead atoms. The predicted octanol–water partition coefficient (Wildman–Crippen LogP) is 2.81. The molecule has 1 aromatic carbocycles. The number of rotatable bonds is 7. The van der Waals surface area contributed by atoms with Crippen LogP contribution in [0.2, 0.25) is 0 Å². The number of ether oxygens (including phenoxy) is 1. The van der Waals surface area contributed by atoms with Crippen molar-refractivity contribution in [2.45, 2.75) is 32.2 Å². The highest BCUT2D eigenvalue weighted by atomic mass is 19.1. The maximum absolute atomic E-state index is 13.1. The van der Waals surface area contributed by atoms with Crippen molar-refractivity contribution in [3.63, 3.8) is 0 Å². The van der Waals surface area contributed by atoms with E-state index in [2.05, 4.69) is 17.1 Å². The average molecular weight is 292 g/mol. The van der Waals surface area contributed by atoms with Crippen molar-refractivity contribution in [3.05, 3.63) is 30.1 Å². The van der Waals surface area contributed by atoms with Crippen LogP contribution in [0.25, 0.3) is 0 Å². The van der Waals surface area contributed by atoms with Gasteiger partial charge in [0, 0.05) is 43.4 Å². The van der Waals surface area contributed by atoms with E-state index >= 15 is 0 Å². The lowest BCUT2D eigenvalue weighted by atomic mass is 9.86. The fourth-order valence-electron chi connectivity index (χ4n) is 3.06. The van der Waals surface area contributed by atoms with Crippen molar-refractivity contribution in [1.82, 2.24) is 5.32 Å². The van der Waals surface area contributed by atoms with E-state index in [1.807, 2.05) is 12.1 Å². The maximum Gasteiger partial charge on any atom is 0.123 e. The number of anilines is 1. The summed E-state index contributed by atoms with van der Waals surface area (Å²) in [6.45, 7) is 6.75. The van der Waals surface area contributed by atoms with Crippen LogP contribution in [0.5, 0.6) is 0 Å². The Morgan fingerprint density at radius 1 is 1.33 bits per heavy atom. The van der Waals surface area contributed by atoms with Crippen LogP contribution in [0.15, 0.2) is 24.3 Å². The third-order valence-electron chi connectivity index (χ3n) is 4.63. The Balaban J connectivity index is 1.68. The van der Waals surface area contributed by atoms with Gasteiger partial charge in [-0.25, -0.2) is 4.39 Å². The van der Waals surface area contributed by atoms with E-state index in [0.29, 0.717) is 0 Å². The van der Waals surface area contributed by atoms with E-state index in [-0.39, 0.29) is 11.2 Å². The fourth-order valence-corrected chi connectivity index (χ4v) is 3.06. The van der Waals surface area contributed by atoms with E-state index in [1.165, 1.54) is 25.0 Å². The molecule has 1 aromatic rings. The Morgan fingerprint density at radius 3 is 2.67 bits per heavy atom. The van der Waals surface area contributed by atoms with Gasteiger partial charge in [0.15, 0.2) is 0 Å². The Labute approximate surface area is 126 Å². The number of nitrogens with one attached hydrogen (secondary N) is 1. The molecule has 21 heavy (non-hydrogen) atoms. The molecule has 0 radical (unpaired) electrons. The summed E-state index contributed by atoms with van der Waals surface area (Å²) < 4.78 is 18.8. The van der Waals surface area contributed by atoms with E-state index in [9.17, 15) is 4.39 Å². The molecule has 2 aliphatic rings. The molecule has 1 heterocycles. The molecular formula is C17H25FN2O. The first-order valence-corrected chi connectivity index (χ1v) is 8.02. The van der Waals surface area contributed by atoms with Crippen LogP contribution in [-0.2, 0) is 4.74 Å². The molecular weight excluding hydrogens is 267 g/mol. The fraction of sp³-hybridized carbons (Fsp3) is 0.647. The maximum atomic E-state index is 13.1. The molecule has 1 unspecified atom stereocenters. The zero-order valence-corrected chi connectivity index (χ0v) is 12.8. The van der Waals surface area contributed by atoms with Gasteiger partial charge in [-0.3, -0.25) is 0 Å². The summed E-state index contributed by atoms with van der Waals surface area (Å²) in [6, 6.07) is 7.55. The molecule has 1 atom stereocenters. The van der Waals surface area contributed by atoms with Gasteiger partial charge in [0.05, 0.1) is 6.61 Å². The topological polar surface area (TPSA) is 24.5 Å². The number of halogens is 1. The van der Waals surface area contributed by atoms with E-state index in [1.54, 1.807) is 0 Å². The minimum Gasteiger partial charge on any atom is -0.381 e. The van der Waals surface area contributed by atoms with Gasteiger partial charge in [0.2, 0.25) is 0 Å². The quantitative estimate of drug-likeness (QED) is 0.836. The van der Waals surface area contributed by atoms with Crippen molar-refractivity contribution in [2.75, 3.05) is 37.7 Å². The summed E-state index contributed by atoms with van der Waals surface area (Å²) >= 11 is 0. The summed E-state index contributed by atoms with van der Waals surface area (Å²) in [5.41, 5.74) is 1.28. The Bertz CT molecular complexity index is 452. The van der Waals surface area contributed by atoms with Crippen LogP contribution in [0.3, 0.4) is 0 Å². The Morgan fingerprint density at radius 2 is 2.10 bits per heavy atom. The number of nitrogens with zero attached hydrogens (tertiary/aromatic N) is 1. The SMILES string of the molecule is CCN(CC1(CNC2CC2)CCOC1)c1ccc(F)cc1. The molecule has 0 amide bonds. The van der Waals surface area contributed by atoms with Crippen molar-refractivity contribution >= 4 is 5.69 Å². The van der Waals surface area contributed by atoms with Crippen LogP contribution < -0.4 is 10.2 Å². The summed E-state index contributed by atoms with van der Waals surface area (Å²) in [7, 11) is 0. The van der Waals surface area contributed by atoms with Crippen molar-refractivity contribution < 1.29 is 9.13 Å². The second-order valence-corrected chi connectivity index (χ2v) is 6.45. The largest absolute Gasteiger partial charge is 0.381 e. The van der Waals surface area contributed by atoms with E-state index in [4.69, 9.17) is 4.74 Å². The molecule has 3 rings (SSSR count). The zero-order valence-electron chi connectivity index (χ0n) is 12.8. The number of benzene rings is 1. The normalized spacial score (nSPS) is 25.2. The molecule has 3 nitrogen and oxygen atoms in total. The summed E-state index contributed by atoms with van der Waals surface area (Å²) in [4.78, 5) is 2.34. The van der Waals surface area contributed by atoms with Gasteiger partial charge in [0.25, 0.3) is 0 Å². The standard InChI is InChI=1S/C17H25FN2O/c1-2-20(16-7-3-14(18)4-8-16)12-17(9-10-21-13-17)11-19-15-5-6-15/h3-4,7-8,15,19H,2,5-6,9-13H2,1H3. The third kappa shape index (κ3) is 3.74. The lowest BCUT2D eigenvalue weighted by Crippen LogP contribution is -2.45. The Kier molecular flexibility index (Phi) is 4.45. The van der Waals surface area contributed by atoms with Crippen molar-refractivity contribution in [3.8, 4) is 0 Å². The van der Waals surface area contributed by atoms with Crippen LogP contribution >= 0.6 is 0 Å². The third-order valence-corrected chi connectivity index (χ3v) is 4.63. The van der Waals surface area contributed by atoms with Gasteiger partial charge < -0.3 is 15.0 Å². The van der Waals surface area contributed by atoms with E-state index < -0.39 is 0 Å². The molecule has 4 heteroatoms. The van der Waals surface area contributed by atoms with Crippen LogP contribution in [-0.4, -0.2) is 38.9 Å². The molecule has 0 aromatic heterocycles. The highest BCUT2D eigenvalue weighted by molar-refractivity contribution is 5.46. The molecule has 1 saturated carbocycles. The van der Waals surface area contributed by atoms with Crippen molar-refractivity contribution in [2.24, 2.45) is 5.41 Å². The Hall–Kier alpha value is -1.13. The summed E-state index contributed by atoms with van der Waals surface area (Å²) in [6.07, 6.45) is 3.73. The van der Waals surface area contributed by atoms with Gasteiger partial charge in [-0.1, -0.05) is 0 Å². The minimum absolute atomic E-state index is 0.177. The second kappa shape index (κ2) is 6.32. The molecule has 0 spiro atoms.